The van der Waals surface area contributed by atoms with E-state index in [-0.39, 0.29) is 11.4 Å². The predicted octanol–water partition coefficient (Wildman–Crippen LogP) is 3.18. The summed E-state index contributed by atoms with van der Waals surface area (Å²) in [7, 11) is 1.50. The number of carbonyl (C=O) groups is 1. The minimum Gasteiger partial charge on any atom is -0.493 e. The number of anilines is 1. The van der Waals surface area contributed by atoms with Gasteiger partial charge in [-0.3, -0.25) is 9.20 Å². The highest BCUT2D eigenvalue weighted by atomic mass is 19.1. The lowest BCUT2D eigenvalue weighted by Crippen LogP contribution is -2.16. The molecule has 0 unspecified atom stereocenters. The van der Waals surface area contributed by atoms with Gasteiger partial charge in [-0.15, -0.1) is 0 Å². The first-order chi connectivity index (χ1) is 11.0. The van der Waals surface area contributed by atoms with E-state index >= 15 is 0 Å². The first-order valence-electron chi connectivity index (χ1n) is 6.79. The van der Waals surface area contributed by atoms with Crippen molar-refractivity contribution in [2.24, 2.45) is 0 Å². The molecule has 5 nitrogen and oxygen atoms in total. The van der Waals surface area contributed by atoms with Crippen molar-refractivity contribution in [2.75, 3.05) is 12.4 Å². The Hall–Kier alpha value is -2.96. The second-order valence-corrected chi connectivity index (χ2v) is 4.89. The van der Waals surface area contributed by atoms with Gasteiger partial charge in [-0.1, -0.05) is 0 Å². The fourth-order valence-electron chi connectivity index (χ4n) is 2.36. The van der Waals surface area contributed by atoms with Crippen molar-refractivity contribution in [1.82, 2.24) is 9.38 Å². The summed E-state index contributed by atoms with van der Waals surface area (Å²) < 4.78 is 33.6. The fraction of sp³-hybridized carbons (Fsp3) is 0.125. The molecule has 0 spiro atoms. The number of carbonyl (C=O) groups excluding carboxylic acids is 1. The number of aromatic nitrogens is 2. The summed E-state index contributed by atoms with van der Waals surface area (Å²) in [5, 5.41) is 2.37. The van der Waals surface area contributed by atoms with Crippen LogP contribution < -0.4 is 10.1 Å². The van der Waals surface area contributed by atoms with Crippen LogP contribution in [0.25, 0.3) is 5.65 Å². The lowest BCUT2D eigenvalue weighted by molar-refractivity contribution is 0.102. The van der Waals surface area contributed by atoms with Crippen molar-refractivity contribution in [1.29, 1.82) is 0 Å². The summed E-state index contributed by atoms with van der Waals surface area (Å²) in [6.07, 6.45) is 1.65. The van der Waals surface area contributed by atoms with Crippen LogP contribution >= 0.6 is 0 Å². The molecule has 118 valence electrons. The Kier molecular flexibility index (Phi) is 3.69. The number of pyridine rings is 1. The molecule has 0 bridgehead atoms. The lowest BCUT2D eigenvalue weighted by Gasteiger charge is -2.08. The second kappa shape index (κ2) is 5.68. The van der Waals surface area contributed by atoms with Crippen molar-refractivity contribution in [3.8, 4) is 5.75 Å². The van der Waals surface area contributed by atoms with E-state index in [2.05, 4.69) is 10.3 Å². The van der Waals surface area contributed by atoms with E-state index in [1.165, 1.54) is 7.11 Å². The number of nitrogens with zero attached hydrogens (tertiary/aromatic N) is 2. The molecule has 0 saturated heterocycles. The summed E-state index contributed by atoms with van der Waals surface area (Å²) in [5.74, 6) is -1.44. The molecule has 1 aromatic carbocycles. The molecule has 3 aromatic rings. The van der Waals surface area contributed by atoms with Crippen LogP contribution in [0.2, 0.25) is 0 Å². The highest BCUT2D eigenvalue weighted by Gasteiger charge is 2.19. The Morgan fingerprint density at radius 2 is 2.09 bits per heavy atom. The van der Waals surface area contributed by atoms with Crippen LogP contribution in [0.3, 0.4) is 0 Å². The molecule has 0 fully saturated rings. The average molecular weight is 317 g/mol. The Morgan fingerprint density at radius 1 is 1.30 bits per heavy atom. The monoisotopic (exact) mass is 317 g/mol. The van der Waals surface area contributed by atoms with E-state index in [9.17, 15) is 13.6 Å². The van der Waals surface area contributed by atoms with Crippen LogP contribution in [0.5, 0.6) is 5.75 Å². The summed E-state index contributed by atoms with van der Waals surface area (Å²) in [6, 6.07) is 6.28. The van der Waals surface area contributed by atoms with Crippen molar-refractivity contribution >= 4 is 17.2 Å². The van der Waals surface area contributed by atoms with Crippen LogP contribution in [0.15, 0.2) is 36.5 Å². The molecule has 0 aliphatic rings. The first-order valence-corrected chi connectivity index (χ1v) is 6.79. The van der Waals surface area contributed by atoms with E-state index in [1.807, 2.05) is 0 Å². The maximum absolute atomic E-state index is 13.7. The zero-order chi connectivity index (χ0) is 16.6. The van der Waals surface area contributed by atoms with E-state index < -0.39 is 17.5 Å². The fourth-order valence-corrected chi connectivity index (χ4v) is 2.36. The quantitative estimate of drug-likeness (QED) is 0.807. The molecule has 1 amide bonds. The van der Waals surface area contributed by atoms with Crippen LogP contribution in [0.4, 0.5) is 14.5 Å². The zero-order valence-corrected chi connectivity index (χ0v) is 12.4. The number of methoxy groups -OCH3 is 1. The summed E-state index contributed by atoms with van der Waals surface area (Å²) in [5.41, 5.74) is 0.913. The van der Waals surface area contributed by atoms with Crippen LogP contribution in [0, 0.1) is 18.6 Å². The highest BCUT2D eigenvalue weighted by molar-refractivity contribution is 6.04. The molecule has 0 aliphatic heterocycles. The Morgan fingerprint density at radius 3 is 2.83 bits per heavy atom. The van der Waals surface area contributed by atoms with Gasteiger partial charge in [0.15, 0.2) is 11.4 Å². The van der Waals surface area contributed by atoms with E-state index in [0.717, 1.165) is 18.2 Å². The predicted molar refractivity (Wildman–Crippen MR) is 80.8 cm³/mol. The van der Waals surface area contributed by atoms with Crippen LogP contribution in [0.1, 0.15) is 16.2 Å². The third-order valence-corrected chi connectivity index (χ3v) is 3.40. The number of nitrogens with one attached hydrogen (secondary N) is 1. The molecule has 2 heterocycles. The van der Waals surface area contributed by atoms with E-state index in [1.54, 1.807) is 29.7 Å². The Balaban J connectivity index is 2.04. The lowest BCUT2D eigenvalue weighted by atomic mass is 10.2. The minimum atomic E-state index is -0.719. The van der Waals surface area contributed by atoms with Gasteiger partial charge in [-0.2, -0.15) is 0 Å². The standard InChI is InChI=1S/C16H13F2N3O2/c1-9-14(21-7-3-4-13(23-2)15(21)19-9)16(22)20-12-8-10(17)5-6-11(12)18/h3-8H,1-2H3,(H,20,22). The number of benzene rings is 1. The normalized spacial score (nSPS) is 10.8. The number of hydrogen-bond donors (Lipinski definition) is 1. The number of halogens is 2. The number of amides is 1. The number of ether oxygens (including phenoxy) is 1. The number of rotatable bonds is 3. The molecular weight excluding hydrogens is 304 g/mol. The van der Waals surface area contributed by atoms with Gasteiger partial charge in [0.1, 0.15) is 17.3 Å². The van der Waals surface area contributed by atoms with Gasteiger partial charge in [0.25, 0.3) is 5.91 Å². The number of hydrogen-bond acceptors (Lipinski definition) is 3. The van der Waals surface area contributed by atoms with Crippen molar-refractivity contribution in [3.05, 3.63) is 59.6 Å². The molecule has 0 atom stereocenters. The molecule has 7 heteroatoms. The smallest absolute Gasteiger partial charge is 0.274 e. The summed E-state index contributed by atoms with van der Waals surface area (Å²) in [4.78, 5) is 16.8. The van der Waals surface area contributed by atoms with Crippen LogP contribution in [-0.2, 0) is 0 Å². The van der Waals surface area contributed by atoms with Crippen molar-refractivity contribution < 1.29 is 18.3 Å². The first kappa shape index (κ1) is 15.0. The highest BCUT2D eigenvalue weighted by Crippen LogP contribution is 2.23. The summed E-state index contributed by atoms with van der Waals surface area (Å²) in [6.45, 7) is 1.66. The van der Waals surface area contributed by atoms with Gasteiger partial charge >= 0.3 is 0 Å². The molecule has 3 rings (SSSR count). The molecule has 0 radical (unpaired) electrons. The zero-order valence-electron chi connectivity index (χ0n) is 12.4. The largest absolute Gasteiger partial charge is 0.493 e. The topological polar surface area (TPSA) is 55.6 Å². The van der Waals surface area contributed by atoms with Gasteiger partial charge in [-0.25, -0.2) is 13.8 Å². The Bertz CT molecular complexity index is 906. The van der Waals surface area contributed by atoms with Gasteiger partial charge in [0.05, 0.1) is 18.5 Å². The molecule has 23 heavy (non-hydrogen) atoms. The van der Waals surface area contributed by atoms with Gasteiger partial charge in [-0.05, 0) is 31.2 Å². The molecule has 1 N–H and O–H groups in total. The summed E-state index contributed by atoms with van der Waals surface area (Å²) >= 11 is 0. The average Bonchev–Trinajstić information content (AvgIpc) is 2.86. The number of imidazole rings is 1. The second-order valence-electron chi connectivity index (χ2n) is 4.89. The molecule has 0 saturated carbocycles. The van der Waals surface area contributed by atoms with Crippen LogP contribution in [-0.4, -0.2) is 22.4 Å². The van der Waals surface area contributed by atoms with Crippen molar-refractivity contribution in [3.63, 3.8) is 0 Å². The number of aryl methyl sites for hydroxylation is 1. The Labute approximate surface area is 130 Å². The SMILES string of the molecule is COc1cccn2c(C(=O)Nc3cc(F)ccc3F)c(C)nc12. The van der Waals surface area contributed by atoms with Gasteiger partial charge in [0, 0.05) is 12.3 Å². The van der Waals surface area contributed by atoms with Gasteiger partial charge < -0.3 is 10.1 Å². The molecular formula is C16H13F2N3O2. The van der Waals surface area contributed by atoms with Crippen molar-refractivity contribution in [2.45, 2.75) is 6.92 Å². The minimum absolute atomic E-state index is 0.225. The third-order valence-electron chi connectivity index (χ3n) is 3.40. The number of fused-ring (bicyclic) bond motifs is 1. The maximum Gasteiger partial charge on any atom is 0.274 e. The maximum atomic E-state index is 13.7. The molecule has 0 aliphatic carbocycles. The van der Waals surface area contributed by atoms with Gasteiger partial charge in [0.2, 0.25) is 0 Å². The van der Waals surface area contributed by atoms with E-state index in [0.29, 0.717) is 17.1 Å². The van der Waals surface area contributed by atoms with E-state index in [4.69, 9.17) is 4.74 Å². The molecule has 2 aromatic heterocycles. The third kappa shape index (κ3) is 2.61.